The van der Waals surface area contributed by atoms with Crippen LogP contribution in [0.25, 0.3) is 11.1 Å². The predicted molar refractivity (Wildman–Crippen MR) is 136 cm³/mol. The molecule has 4 heteroatoms. The lowest BCUT2D eigenvalue weighted by molar-refractivity contribution is 0.0320. The van der Waals surface area contributed by atoms with Crippen molar-refractivity contribution >= 4 is 15.9 Å². The number of hydrogen-bond donors (Lipinski definition) is 0. The maximum absolute atomic E-state index is 9.92. The molecule has 5 rings (SSSR count). The van der Waals surface area contributed by atoms with Crippen molar-refractivity contribution in [1.82, 2.24) is 0 Å². The van der Waals surface area contributed by atoms with Crippen LogP contribution in [0.2, 0.25) is 0 Å². The number of hydrogen-bond acceptors (Lipinski definition) is 3. The summed E-state index contributed by atoms with van der Waals surface area (Å²) < 4.78 is 6.79. The van der Waals surface area contributed by atoms with Crippen molar-refractivity contribution < 1.29 is 4.74 Å². The third-order valence-electron chi connectivity index (χ3n) is 8.20. The highest BCUT2D eigenvalue weighted by molar-refractivity contribution is 9.10. The fraction of sp³-hybridized carbons (Fsp3) is 0.517. The molecule has 2 aromatic carbocycles. The van der Waals surface area contributed by atoms with E-state index in [9.17, 15) is 10.5 Å². The van der Waals surface area contributed by atoms with Crippen LogP contribution in [-0.2, 0) is 5.41 Å². The molecule has 3 saturated carbocycles. The molecule has 0 amide bonds. The number of nitriles is 2. The second kappa shape index (κ2) is 9.90. The quantitative estimate of drug-likeness (QED) is 0.338. The van der Waals surface area contributed by atoms with E-state index in [-0.39, 0.29) is 0 Å². The van der Waals surface area contributed by atoms with E-state index in [1.807, 2.05) is 12.1 Å². The summed E-state index contributed by atoms with van der Waals surface area (Å²) in [5.41, 5.74) is 4.76. The van der Waals surface area contributed by atoms with E-state index in [2.05, 4.69) is 60.1 Å². The number of unbranched alkanes of at least 4 members (excludes halogenated alkanes) is 1. The van der Waals surface area contributed by atoms with Gasteiger partial charge in [-0.15, -0.1) is 0 Å². The van der Waals surface area contributed by atoms with Gasteiger partial charge in [-0.25, -0.2) is 0 Å². The van der Waals surface area contributed by atoms with Crippen molar-refractivity contribution in [3.8, 4) is 29.0 Å². The van der Waals surface area contributed by atoms with Gasteiger partial charge in [0.1, 0.15) is 23.5 Å². The molecule has 0 N–H and O–H groups in total. The summed E-state index contributed by atoms with van der Waals surface area (Å²) >= 11 is 3.81. The molecule has 33 heavy (non-hydrogen) atoms. The van der Waals surface area contributed by atoms with Gasteiger partial charge >= 0.3 is 0 Å². The summed E-state index contributed by atoms with van der Waals surface area (Å²) in [4.78, 5) is 0. The van der Waals surface area contributed by atoms with E-state index < -0.39 is 0 Å². The van der Waals surface area contributed by atoms with Crippen molar-refractivity contribution in [1.29, 1.82) is 10.5 Å². The van der Waals surface area contributed by atoms with Crippen molar-refractivity contribution in [3.05, 3.63) is 51.5 Å². The van der Waals surface area contributed by atoms with Crippen LogP contribution >= 0.6 is 15.9 Å². The maximum atomic E-state index is 9.92. The molecule has 0 radical (unpaired) electrons. The van der Waals surface area contributed by atoms with Crippen molar-refractivity contribution in [2.24, 2.45) is 5.41 Å². The first-order valence-corrected chi connectivity index (χ1v) is 13.2. The molecule has 3 aliphatic carbocycles. The first kappa shape index (κ1) is 23.8. The summed E-state index contributed by atoms with van der Waals surface area (Å²) in [6.07, 6.45) is 12.5. The summed E-state index contributed by atoms with van der Waals surface area (Å²) in [7, 11) is 0. The molecule has 172 valence electrons. The molecule has 0 unspecified atom stereocenters. The SMILES string of the molecule is CCCCOc1ccc(-c2ccc(C34CCC(CCC)(CC3)CC4)cc2Br)c(C#N)c1C#N. The zero-order valence-electron chi connectivity index (χ0n) is 19.8. The largest absolute Gasteiger partial charge is 0.492 e. The molecule has 3 fully saturated rings. The molecule has 0 saturated heterocycles. The van der Waals surface area contributed by atoms with Gasteiger partial charge in [-0.05, 0) is 91.5 Å². The predicted octanol–water partition coefficient (Wildman–Crippen LogP) is 8.43. The summed E-state index contributed by atoms with van der Waals surface area (Å²) in [6.45, 7) is 4.97. The number of rotatable bonds is 8. The third-order valence-corrected chi connectivity index (χ3v) is 8.86. The minimum absolute atomic E-state index is 0.295. The average Bonchev–Trinajstić information content (AvgIpc) is 2.85. The van der Waals surface area contributed by atoms with E-state index in [0.29, 0.717) is 34.3 Å². The van der Waals surface area contributed by atoms with Crippen LogP contribution < -0.4 is 4.74 Å². The van der Waals surface area contributed by atoms with Crippen LogP contribution in [0, 0.1) is 28.1 Å². The van der Waals surface area contributed by atoms with Gasteiger partial charge in [0, 0.05) is 10.0 Å². The van der Waals surface area contributed by atoms with Crippen LogP contribution in [0.3, 0.4) is 0 Å². The lowest BCUT2D eigenvalue weighted by Gasteiger charge is -2.54. The number of benzene rings is 2. The minimum Gasteiger partial charge on any atom is -0.492 e. The minimum atomic E-state index is 0.295. The van der Waals surface area contributed by atoms with Crippen LogP contribution in [-0.4, -0.2) is 6.61 Å². The Morgan fingerprint density at radius 3 is 2.12 bits per heavy atom. The fourth-order valence-electron chi connectivity index (χ4n) is 6.15. The lowest BCUT2D eigenvalue weighted by atomic mass is 9.51. The van der Waals surface area contributed by atoms with Gasteiger partial charge in [0.05, 0.1) is 12.2 Å². The van der Waals surface area contributed by atoms with Crippen molar-refractivity contribution in [2.45, 2.75) is 83.5 Å². The normalized spacial score (nSPS) is 23.7. The second-order valence-corrected chi connectivity index (χ2v) is 10.9. The maximum Gasteiger partial charge on any atom is 0.138 e. The smallest absolute Gasteiger partial charge is 0.138 e. The molecular formula is C29H33BrN2O. The van der Waals surface area contributed by atoms with Gasteiger partial charge in [0.15, 0.2) is 0 Å². The molecular weight excluding hydrogens is 472 g/mol. The monoisotopic (exact) mass is 504 g/mol. The molecule has 0 heterocycles. The van der Waals surface area contributed by atoms with Gasteiger partial charge in [-0.2, -0.15) is 10.5 Å². The highest BCUT2D eigenvalue weighted by Crippen LogP contribution is 2.59. The standard InChI is InChI=1S/C29H33BrN2O/c1-3-5-17-33-27-9-8-22(24(19-31)25(27)20-32)23-7-6-21(18-26(23)30)29-14-11-28(10-4-2,12-15-29)13-16-29/h6-9,18H,3-5,10-17H2,1-2H3. The van der Waals surface area contributed by atoms with Crippen molar-refractivity contribution in [2.75, 3.05) is 6.61 Å². The Bertz CT molecular complexity index is 1080. The van der Waals surface area contributed by atoms with E-state index in [1.54, 1.807) is 0 Å². The third kappa shape index (κ3) is 4.43. The molecule has 0 aliphatic heterocycles. The van der Waals surface area contributed by atoms with Gasteiger partial charge < -0.3 is 4.74 Å². The molecule has 3 nitrogen and oxygen atoms in total. The Morgan fingerprint density at radius 1 is 0.879 bits per heavy atom. The number of nitrogens with zero attached hydrogens (tertiary/aromatic N) is 2. The van der Waals surface area contributed by atoms with E-state index in [1.165, 1.54) is 56.9 Å². The van der Waals surface area contributed by atoms with Crippen LogP contribution in [0.5, 0.6) is 5.75 Å². The molecule has 2 bridgehead atoms. The summed E-state index contributed by atoms with van der Waals surface area (Å²) in [5.74, 6) is 0.498. The van der Waals surface area contributed by atoms with Crippen LogP contribution in [0.4, 0.5) is 0 Å². The van der Waals surface area contributed by atoms with Crippen LogP contribution in [0.15, 0.2) is 34.8 Å². The number of fused-ring (bicyclic) bond motifs is 3. The molecule has 2 aromatic rings. The van der Waals surface area contributed by atoms with Gasteiger partial charge in [-0.3, -0.25) is 0 Å². The Kier molecular flexibility index (Phi) is 7.16. The summed E-state index contributed by atoms with van der Waals surface area (Å²) in [5, 5.41) is 19.7. The summed E-state index contributed by atoms with van der Waals surface area (Å²) in [6, 6.07) is 14.9. The van der Waals surface area contributed by atoms with Gasteiger partial charge in [0.2, 0.25) is 0 Å². The van der Waals surface area contributed by atoms with Gasteiger partial charge in [-0.1, -0.05) is 54.8 Å². The Labute approximate surface area is 206 Å². The van der Waals surface area contributed by atoms with E-state index in [0.717, 1.165) is 28.4 Å². The Morgan fingerprint density at radius 2 is 1.55 bits per heavy atom. The van der Waals surface area contributed by atoms with Crippen molar-refractivity contribution in [3.63, 3.8) is 0 Å². The zero-order valence-corrected chi connectivity index (χ0v) is 21.4. The van der Waals surface area contributed by atoms with Gasteiger partial charge in [0.25, 0.3) is 0 Å². The molecule has 3 aliphatic rings. The highest BCUT2D eigenvalue weighted by Gasteiger charge is 2.48. The lowest BCUT2D eigenvalue weighted by Crippen LogP contribution is -2.44. The Hall–Kier alpha value is -2.30. The average molecular weight is 506 g/mol. The Balaban J connectivity index is 1.64. The van der Waals surface area contributed by atoms with E-state index in [4.69, 9.17) is 4.74 Å². The number of halogens is 1. The highest BCUT2D eigenvalue weighted by atomic mass is 79.9. The molecule has 0 aromatic heterocycles. The molecule has 0 spiro atoms. The van der Waals surface area contributed by atoms with E-state index >= 15 is 0 Å². The topological polar surface area (TPSA) is 56.8 Å². The molecule has 0 atom stereocenters. The number of ether oxygens (including phenoxy) is 1. The second-order valence-electron chi connectivity index (χ2n) is 10.0. The fourth-order valence-corrected chi connectivity index (χ4v) is 6.74. The first-order chi connectivity index (χ1) is 16.0. The first-order valence-electron chi connectivity index (χ1n) is 12.4. The zero-order chi connectivity index (χ0) is 23.5. The van der Waals surface area contributed by atoms with Crippen LogP contribution in [0.1, 0.15) is 94.7 Å².